The summed E-state index contributed by atoms with van der Waals surface area (Å²) < 4.78 is 0. The molecule has 1 rings (SSSR count). The van der Waals surface area contributed by atoms with Gasteiger partial charge in [-0.3, -0.25) is 4.90 Å². The lowest BCUT2D eigenvalue weighted by molar-refractivity contribution is 0.0897. The fourth-order valence-corrected chi connectivity index (χ4v) is 2.56. The molecule has 0 aliphatic carbocycles. The highest BCUT2D eigenvalue weighted by Crippen LogP contribution is 2.26. The van der Waals surface area contributed by atoms with Gasteiger partial charge in [-0.15, -0.1) is 0 Å². The van der Waals surface area contributed by atoms with Crippen molar-refractivity contribution in [2.45, 2.75) is 51.6 Å². The summed E-state index contributed by atoms with van der Waals surface area (Å²) in [6.07, 6.45) is 4.55. The molecule has 15 heavy (non-hydrogen) atoms. The number of hydrogen-bond acceptors (Lipinski definition) is 3. The minimum absolute atomic E-state index is 0.0661. The maximum Gasteiger partial charge on any atom is 0.0978 e. The maximum atomic E-state index is 9.08. The molecule has 3 atom stereocenters. The van der Waals surface area contributed by atoms with E-state index in [1.165, 1.54) is 19.3 Å². The van der Waals surface area contributed by atoms with Crippen LogP contribution in [0.15, 0.2) is 0 Å². The molecule has 1 aliphatic rings. The highest BCUT2D eigenvalue weighted by Gasteiger charge is 2.30. The SMILES string of the molecule is CCC1CCN(C(C#N)CC)C(CN)C1. The Morgan fingerprint density at radius 1 is 1.53 bits per heavy atom. The molecule has 1 fully saturated rings. The lowest BCUT2D eigenvalue weighted by Gasteiger charge is -2.40. The van der Waals surface area contributed by atoms with Crippen LogP contribution >= 0.6 is 0 Å². The van der Waals surface area contributed by atoms with Crippen molar-refractivity contribution in [2.75, 3.05) is 13.1 Å². The summed E-state index contributed by atoms with van der Waals surface area (Å²) in [5.41, 5.74) is 5.81. The van der Waals surface area contributed by atoms with Gasteiger partial charge in [-0.05, 0) is 25.2 Å². The fraction of sp³-hybridized carbons (Fsp3) is 0.917. The molecule has 3 nitrogen and oxygen atoms in total. The van der Waals surface area contributed by atoms with Crippen LogP contribution in [0.4, 0.5) is 0 Å². The third-order valence-corrected chi connectivity index (χ3v) is 3.66. The van der Waals surface area contributed by atoms with Crippen molar-refractivity contribution in [2.24, 2.45) is 11.7 Å². The highest BCUT2D eigenvalue weighted by molar-refractivity contribution is 4.96. The van der Waals surface area contributed by atoms with E-state index < -0.39 is 0 Å². The summed E-state index contributed by atoms with van der Waals surface area (Å²) >= 11 is 0. The molecule has 0 saturated carbocycles. The molecule has 3 unspecified atom stereocenters. The van der Waals surface area contributed by atoms with E-state index in [1.54, 1.807) is 0 Å². The van der Waals surface area contributed by atoms with Gasteiger partial charge in [0.05, 0.1) is 12.1 Å². The molecular formula is C12H23N3. The van der Waals surface area contributed by atoms with Crippen molar-refractivity contribution < 1.29 is 0 Å². The Labute approximate surface area is 93.2 Å². The van der Waals surface area contributed by atoms with Crippen LogP contribution in [-0.4, -0.2) is 30.1 Å². The van der Waals surface area contributed by atoms with Crippen molar-refractivity contribution >= 4 is 0 Å². The average molecular weight is 209 g/mol. The molecule has 0 aromatic heterocycles. The first kappa shape index (κ1) is 12.5. The summed E-state index contributed by atoms with van der Waals surface area (Å²) in [4.78, 5) is 2.31. The van der Waals surface area contributed by atoms with E-state index >= 15 is 0 Å². The quantitative estimate of drug-likeness (QED) is 0.767. The zero-order valence-corrected chi connectivity index (χ0v) is 9.95. The Balaban J connectivity index is 2.62. The minimum atomic E-state index is 0.0661. The first-order valence-electron chi connectivity index (χ1n) is 6.12. The molecule has 1 saturated heterocycles. The monoisotopic (exact) mass is 209 g/mol. The van der Waals surface area contributed by atoms with Crippen LogP contribution in [0.3, 0.4) is 0 Å². The number of hydrogen-bond donors (Lipinski definition) is 1. The van der Waals surface area contributed by atoms with E-state index in [9.17, 15) is 0 Å². The van der Waals surface area contributed by atoms with E-state index in [-0.39, 0.29) is 6.04 Å². The number of piperidine rings is 1. The van der Waals surface area contributed by atoms with Gasteiger partial charge in [0, 0.05) is 19.1 Å². The van der Waals surface area contributed by atoms with Crippen molar-refractivity contribution in [3.05, 3.63) is 0 Å². The van der Waals surface area contributed by atoms with Gasteiger partial charge in [0.2, 0.25) is 0 Å². The van der Waals surface area contributed by atoms with Crippen LogP contribution in [0.2, 0.25) is 0 Å². The lowest BCUT2D eigenvalue weighted by Crippen LogP contribution is -2.50. The van der Waals surface area contributed by atoms with E-state index in [0.717, 1.165) is 18.9 Å². The molecule has 0 bridgehead atoms. The maximum absolute atomic E-state index is 9.08. The number of nitriles is 1. The highest BCUT2D eigenvalue weighted by atomic mass is 15.2. The molecule has 0 amide bonds. The minimum Gasteiger partial charge on any atom is -0.329 e. The Morgan fingerprint density at radius 3 is 2.73 bits per heavy atom. The van der Waals surface area contributed by atoms with Crippen LogP contribution in [0.5, 0.6) is 0 Å². The van der Waals surface area contributed by atoms with E-state index in [4.69, 9.17) is 11.0 Å². The molecule has 86 valence electrons. The second-order valence-corrected chi connectivity index (χ2v) is 4.48. The van der Waals surface area contributed by atoms with Crippen molar-refractivity contribution in [1.29, 1.82) is 5.26 Å². The van der Waals surface area contributed by atoms with Gasteiger partial charge in [-0.2, -0.15) is 5.26 Å². The zero-order valence-electron chi connectivity index (χ0n) is 9.95. The Bertz CT molecular complexity index is 221. The van der Waals surface area contributed by atoms with Gasteiger partial charge in [0.15, 0.2) is 0 Å². The first-order chi connectivity index (χ1) is 7.26. The number of nitrogens with zero attached hydrogens (tertiary/aromatic N) is 2. The molecule has 0 spiro atoms. The van der Waals surface area contributed by atoms with Crippen molar-refractivity contribution in [1.82, 2.24) is 4.90 Å². The molecule has 1 aliphatic heterocycles. The van der Waals surface area contributed by atoms with Gasteiger partial charge in [-0.25, -0.2) is 0 Å². The van der Waals surface area contributed by atoms with Crippen LogP contribution in [0.1, 0.15) is 39.5 Å². The lowest BCUT2D eigenvalue weighted by atomic mass is 9.88. The van der Waals surface area contributed by atoms with E-state index in [2.05, 4.69) is 24.8 Å². The van der Waals surface area contributed by atoms with Crippen LogP contribution in [0.25, 0.3) is 0 Å². The van der Waals surface area contributed by atoms with Crippen LogP contribution < -0.4 is 5.73 Å². The van der Waals surface area contributed by atoms with E-state index in [0.29, 0.717) is 12.6 Å². The molecule has 0 aromatic rings. The Hall–Kier alpha value is -0.590. The Kier molecular flexibility index (Phi) is 5.07. The van der Waals surface area contributed by atoms with Crippen LogP contribution in [0, 0.1) is 17.2 Å². The molecule has 0 aromatic carbocycles. The van der Waals surface area contributed by atoms with Gasteiger partial charge in [0.25, 0.3) is 0 Å². The summed E-state index contributed by atoms with van der Waals surface area (Å²) in [6, 6.07) is 2.88. The average Bonchev–Trinajstić information content (AvgIpc) is 2.31. The summed E-state index contributed by atoms with van der Waals surface area (Å²) in [5.74, 6) is 0.811. The molecule has 1 heterocycles. The normalized spacial score (nSPS) is 29.7. The number of rotatable bonds is 4. The third kappa shape index (κ3) is 2.93. The smallest absolute Gasteiger partial charge is 0.0978 e. The largest absolute Gasteiger partial charge is 0.329 e. The summed E-state index contributed by atoms with van der Waals surface area (Å²) in [7, 11) is 0. The fourth-order valence-electron chi connectivity index (χ4n) is 2.56. The van der Waals surface area contributed by atoms with Crippen molar-refractivity contribution in [3.63, 3.8) is 0 Å². The summed E-state index contributed by atoms with van der Waals surface area (Å²) in [6.45, 7) is 6.06. The predicted octanol–water partition coefficient (Wildman–Crippen LogP) is 1.74. The number of likely N-dealkylation sites (tertiary alicyclic amines) is 1. The zero-order chi connectivity index (χ0) is 11.3. The molecule has 2 N–H and O–H groups in total. The van der Waals surface area contributed by atoms with Gasteiger partial charge < -0.3 is 5.73 Å². The molecule has 3 heteroatoms. The van der Waals surface area contributed by atoms with Gasteiger partial charge >= 0.3 is 0 Å². The second-order valence-electron chi connectivity index (χ2n) is 4.48. The predicted molar refractivity (Wildman–Crippen MR) is 62.3 cm³/mol. The summed E-state index contributed by atoms with van der Waals surface area (Å²) in [5, 5.41) is 9.08. The second kappa shape index (κ2) is 6.09. The number of nitrogens with two attached hydrogens (primary N) is 1. The third-order valence-electron chi connectivity index (χ3n) is 3.66. The molecule has 0 radical (unpaired) electrons. The molecular weight excluding hydrogens is 186 g/mol. The topological polar surface area (TPSA) is 53.0 Å². The standard InChI is InChI=1S/C12H23N3/c1-3-10-5-6-15(11(4-2)8-13)12(7-10)9-14/h10-12H,3-7,9,14H2,1-2H3. The van der Waals surface area contributed by atoms with Gasteiger partial charge in [-0.1, -0.05) is 20.3 Å². The van der Waals surface area contributed by atoms with Crippen molar-refractivity contribution in [3.8, 4) is 6.07 Å². The van der Waals surface area contributed by atoms with E-state index in [1.807, 2.05) is 0 Å². The van der Waals surface area contributed by atoms with Crippen LogP contribution in [-0.2, 0) is 0 Å². The Morgan fingerprint density at radius 2 is 2.27 bits per heavy atom. The first-order valence-corrected chi connectivity index (χ1v) is 6.12. The van der Waals surface area contributed by atoms with Gasteiger partial charge in [0.1, 0.15) is 0 Å².